The molecule has 0 amide bonds. The van der Waals surface area contributed by atoms with Crippen LogP contribution in [0, 0.1) is 5.41 Å². The Morgan fingerprint density at radius 3 is 2.50 bits per heavy atom. The maximum Gasteiger partial charge on any atom is 0.0558 e. The summed E-state index contributed by atoms with van der Waals surface area (Å²) in [5.41, 5.74) is 1.51. The number of nitrogens with zero attached hydrogens (tertiary/aromatic N) is 1. The van der Waals surface area contributed by atoms with Crippen molar-refractivity contribution >= 4 is 0 Å². The summed E-state index contributed by atoms with van der Waals surface area (Å²) < 4.78 is 0. The molecule has 0 aromatic heterocycles. The number of rotatable bonds is 10. The Morgan fingerprint density at radius 1 is 1.20 bits per heavy atom. The third-order valence-electron chi connectivity index (χ3n) is 3.35. The topological polar surface area (TPSA) is 35.5 Å². The normalized spacial score (nSPS) is 12.1. The SMILES string of the molecule is CCCNCC(C)(C)CN(CCO)Cc1ccccc1. The molecular weight excluding hydrogens is 248 g/mol. The van der Waals surface area contributed by atoms with E-state index in [0.717, 1.165) is 32.7 Å². The van der Waals surface area contributed by atoms with E-state index in [4.69, 9.17) is 0 Å². The van der Waals surface area contributed by atoms with Crippen molar-refractivity contribution in [3.8, 4) is 0 Å². The minimum absolute atomic E-state index is 0.207. The zero-order chi connectivity index (χ0) is 14.8. The second-order valence-corrected chi connectivity index (χ2v) is 6.26. The summed E-state index contributed by atoms with van der Waals surface area (Å²) in [6, 6.07) is 10.5. The average Bonchev–Trinajstić information content (AvgIpc) is 2.40. The zero-order valence-electron chi connectivity index (χ0n) is 13.2. The molecule has 0 atom stereocenters. The maximum atomic E-state index is 9.27. The van der Waals surface area contributed by atoms with Crippen LogP contribution in [0.4, 0.5) is 0 Å². The first kappa shape index (κ1) is 17.2. The van der Waals surface area contributed by atoms with E-state index < -0.39 is 0 Å². The van der Waals surface area contributed by atoms with Crippen molar-refractivity contribution in [3.63, 3.8) is 0 Å². The Hall–Kier alpha value is -0.900. The van der Waals surface area contributed by atoms with Crippen LogP contribution in [-0.2, 0) is 6.54 Å². The summed E-state index contributed by atoms with van der Waals surface area (Å²) in [6.07, 6.45) is 1.17. The fraction of sp³-hybridized carbons (Fsp3) is 0.647. The first-order chi connectivity index (χ1) is 9.57. The molecule has 0 aliphatic rings. The molecule has 0 saturated carbocycles. The van der Waals surface area contributed by atoms with Crippen LogP contribution in [-0.4, -0.2) is 42.8 Å². The van der Waals surface area contributed by atoms with Crippen LogP contribution >= 0.6 is 0 Å². The number of aliphatic hydroxyl groups is 1. The third-order valence-corrected chi connectivity index (χ3v) is 3.35. The fourth-order valence-electron chi connectivity index (χ4n) is 2.46. The average molecular weight is 278 g/mol. The molecule has 1 aromatic rings. The Bertz CT molecular complexity index is 351. The zero-order valence-corrected chi connectivity index (χ0v) is 13.2. The monoisotopic (exact) mass is 278 g/mol. The molecule has 2 N–H and O–H groups in total. The van der Waals surface area contributed by atoms with E-state index in [1.807, 2.05) is 6.07 Å². The number of nitrogens with one attached hydrogen (secondary N) is 1. The Kier molecular flexibility index (Phi) is 7.82. The molecule has 0 spiro atoms. The molecule has 0 fully saturated rings. The van der Waals surface area contributed by atoms with Gasteiger partial charge in [0.2, 0.25) is 0 Å². The Labute approximate surface area is 124 Å². The fourth-order valence-corrected chi connectivity index (χ4v) is 2.46. The standard InChI is InChI=1S/C17H30N2O/c1-4-10-18-14-17(2,3)15-19(11-12-20)13-16-8-6-5-7-9-16/h5-9,18,20H,4,10-15H2,1-3H3. The molecule has 0 unspecified atom stereocenters. The van der Waals surface area contributed by atoms with Crippen molar-refractivity contribution in [2.45, 2.75) is 33.7 Å². The van der Waals surface area contributed by atoms with Crippen molar-refractivity contribution in [1.82, 2.24) is 10.2 Å². The van der Waals surface area contributed by atoms with Crippen LogP contribution in [0.1, 0.15) is 32.8 Å². The van der Waals surface area contributed by atoms with Crippen molar-refractivity contribution in [3.05, 3.63) is 35.9 Å². The summed E-state index contributed by atoms with van der Waals surface area (Å²) in [4.78, 5) is 2.34. The molecule has 3 nitrogen and oxygen atoms in total. The van der Waals surface area contributed by atoms with Crippen molar-refractivity contribution in [2.24, 2.45) is 5.41 Å². The van der Waals surface area contributed by atoms with Crippen LogP contribution in [0.5, 0.6) is 0 Å². The van der Waals surface area contributed by atoms with E-state index in [1.54, 1.807) is 0 Å². The lowest BCUT2D eigenvalue weighted by Crippen LogP contribution is -2.41. The van der Waals surface area contributed by atoms with Gasteiger partial charge in [-0.1, -0.05) is 51.1 Å². The lowest BCUT2D eigenvalue weighted by atomic mass is 9.92. The highest BCUT2D eigenvalue weighted by Gasteiger charge is 2.21. The summed E-state index contributed by atoms with van der Waals surface area (Å²) in [5.74, 6) is 0. The predicted octanol–water partition coefficient (Wildman–Crippen LogP) is 2.51. The highest BCUT2D eigenvalue weighted by molar-refractivity contribution is 5.14. The first-order valence-corrected chi connectivity index (χ1v) is 7.65. The summed E-state index contributed by atoms with van der Waals surface area (Å²) in [7, 11) is 0. The third kappa shape index (κ3) is 7.04. The predicted molar refractivity (Wildman–Crippen MR) is 85.7 cm³/mol. The summed E-state index contributed by atoms with van der Waals surface area (Å²) in [5, 5.41) is 12.8. The van der Waals surface area contributed by atoms with E-state index in [0.29, 0.717) is 0 Å². The molecule has 0 aliphatic heterocycles. The Balaban J connectivity index is 2.52. The van der Waals surface area contributed by atoms with Gasteiger partial charge in [0, 0.05) is 26.2 Å². The molecule has 1 aromatic carbocycles. The van der Waals surface area contributed by atoms with Gasteiger partial charge in [-0.15, -0.1) is 0 Å². The second kappa shape index (κ2) is 9.11. The van der Waals surface area contributed by atoms with Crippen LogP contribution in [0.3, 0.4) is 0 Å². The van der Waals surface area contributed by atoms with Gasteiger partial charge in [-0.05, 0) is 23.9 Å². The van der Waals surface area contributed by atoms with E-state index in [2.05, 4.69) is 55.3 Å². The molecule has 0 radical (unpaired) electrons. The first-order valence-electron chi connectivity index (χ1n) is 7.65. The van der Waals surface area contributed by atoms with Gasteiger partial charge < -0.3 is 10.4 Å². The summed E-state index contributed by atoms with van der Waals surface area (Å²) in [6.45, 7) is 11.7. The number of aliphatic hydroxyl groups excluding tert-OH is 1. The van der Waals surface area contributed by atoms with Crippen LogP contribution < -0.4 is 5.32 Å². The van der Waals surface area contributed by atoms with E-state index in [1.165, 1.54) is 12.0 Å². The lowest BCUT2D eigenvalue weighted by molar-refractivity contribution is 0.136. The van der Waals surface area contributed by atoms with Crippen molar-refractivity contribution < 1.29 is 5.11 Å². The lowest BCUT2D eigenvalue weighted by Gasteiger charge is -2.32. The van der Waals surface area contributed by atoms with Gasteiger partial charge in [0.05, 0.1) is 6.61 Å². The van der Waals surface area contributed by atoms with Crippen molar-refractivity contribution in [1.29, 1.82) is 0 Å². The molecule has 0 saturated heterocycles. The van der Waals surface area contributed by atoms with E-state index in [9.17, 15) is 5.11 Å². The van der Waals surface area contributed by atoms with Crippen LogP contribution in [0.25, 0.3) is 0 Å². The van der Waals surface area contributed by atoms with Crippen LogP contribution in [0.2, 0.25) is 0 Å². The molecule has 0 bridgehead atoms. The number of hydrogen-bond donors (Lipinski definition) is 2. The minimum atomic E-state index is 0.207. The Morgan fingerprint density at radius 2 is 1.90 bits per heavy atom. The maximum absolute atomic E-state index is 9.27. The highest BCUT2D eigenvalue weighted by Crippen LogP contribution is 2.17. The smallest absolute Gasteiger partial charge is 0.0558 e. The molecule has 114 valence electrons. The molecule has 1 rings (SSSR count). The minimum Gasteiger partial charge on any atom is -0.395 e. The molecular formula is C17H30N2O. The molecule has 3 heteroatoms. The largest absolute Gasteiger partial charge is 0.395 e. The van der Waals surface area contributed by atoms with E-state index in [-0.39, 0.29) is 12.0 Å². The van der Waals surface area contributed by atoms with Gasteiger partial charge in [0.25, 0.3) is 0 Å². The van der Waals surface area contributed by atoms with Gasteiger partial charge in [0.15, 0.2) is 0 Å². The van der Waals surface area contributed by atoms with Crippen molar-refractivity contribution in [2.75, 3.05) is 32.8 Å². The van der Waals surface area contributed by atoms with E-state index >= 15 is 0 Å². The van der Waals surface area contributed by atoms with Gasteiger partial charge in [-0.3, -0.25) is 4.90 Å². The quantitative estimate of drug-likeness (QED) is 0.646. The van der Waals surface area contributed by atoms with Crippen LogP contribution in [0.15, 0.2) is 30.3 Å². The molecule has 0 heterocycles. The molecule has 20 heavy (non-hydrogen) atoms. The number of hydrogen-bond acceptors (Lipinski definition) is 3. The summed E-state index contributed by atoms with van der Waals surface area (Å²) >= 11 is 0. The van der Waals surface area contributed by atoms with Gasteiger partial charge in [0.1, 0.15) is 0 Å². The van der Waals surface area contributed by atoms with Gasteiger partial charge in [-0.2, -0.15) is 0 Å². The number of benzene rings is 1. The highest BCUT2D eigenvalue weighted by atomic mass is 16.3. The van der Waals surface area contributed by atoms with Gasteiger partial charge in [-0.25, -0.2) is 0 Å². The second-order valence-electron chi connectivity index (χ2n) is 6.26. The van der Waals surface area contributed by atoms with Gasteiger partial charge >= 0.3 is 0 Å². The molecule has 0 aliphatic carbocycles.